The molecule has 0 atom stereocenters. The van der Waals surface area contributed by atoms with Crippen molar-refractivity contribution in [2.24, 2.45) is 0 Å². The van der Waals surface area contributed by atoms with Gasteiger partial charge < -0.3 is 19.5 Å². The summed E-state index contributed by atoms with van der Waals surface area (Å²) in [5.41, 5.74) is 2.40. The zero-order chi connectivity index (χ0) is 21.1. The number of carbonyl (C=O) groups is 2. The molecule has 2 aliphatic heterocycles. The second-order valence-electron chi connectivity index (χ2n) is 7.66. The summed E-state index contributed by atoms with van der Waals surface area (Å²) < 4.78 is 1.56. The molecule has 1 aromatic carbocycles. The maximum Gasteiger partial charge on any atom is 0.264 e. The van der Waals surface area contributed by atoms with Gasteiger partial charge in [-0.15, -0.1) is 0 Å². The number of amides is 2. The minimum absolute atomic E-state index is 0.217. The molecule has 0 saturated heterocycles. The maximum absolute atomic E-state index is 13.4. The highest BCUT2D eigenvalue weighted by atomic mass is 16.3. The van der Waals surface area contributed by atoms with Crippen molar-refractivity contribution in [3.8, 4) is 0 Å². The number of aromatic nitrogens is 1. The lowest BCUT2D eigenvalue weighted by atomic mass is 9.95. The van der Waals surface area contributed by atoms with E-state index in [0.29, 0.717) is 32.6 Å². The van der Waals surface area contributed by atoms with E-state index in [0.717, 1.165) is 23.1 Å². The normalized spacial score (nSPS) is 15.8. The first-order valence-electron chi connectivity index (χ1n) is 10.2. The van der Waals surface area contributed by atoms with Crippen LogP contribution in [0.2, 0.25) is 0 Å². The van der Waals surface area contributed by atoms with Gasteiger partial charge in [0.05, 0.1) is 6.54 Å². The van der Waals surface area contributed by atoms with Gasteiger partial charge in [-0.05, 0) is 29.5 Å². The number of aliphatic hydroxyl groups is 1. The number of hydrogen-bond donors (Lipinski definition) is 1. The van der Waals surface area contributed by atoms with Crippen molar-refractivity contribution >= 4 is 11.8 Å². The third-order valence-corrected chi connectivity index (χ3v) is 5.71. The molecule has 1 N–H and O–H groups in total. The van der Waals surface area contributed by atoms with Crippen LogP contribution in [0, 0.1) is 0 Å². The van der Waals surface area contributed by atoms with E-state index in [2.05, 4.69) is 0 Å². The quantitative estimate of drug-likeness (QED) is 0.772. The molecule has 1 aromatic heterocycles. The summed E-state index contributed by atoms with van der Waals surface area (Å²) in [4.78, 5) is 42.0. The summed E-state index contributed by atoms with van der Waals surface area (Å²) in [6.07, 6.45) is 6.94. The molecular weight excluding hydrogens is 382 g/mol. The van der Waals surface area contributed by atoms with Crippen molar-refractivity contribution in [1.29, 1.82) is 0 Å². The Hall–Kier alpha value is -3.19. The molecule has 30 heavy (non-hydrogen) atoms. The van der Waals surface area contributed by atoms with Crippen LogP contribution in [0.5, 0.6) is 0 Å². The lowest BCUT2D eigenvalue weighted by Gasteiger charge is -2.31. The summed E-state index contributed by atoms with van der Waals surface area (Å²) in [5.74, 6) is -0.597. The molecular formula is C23H25N3O4. The molecule has 2 aliphatic rings. The average molecular weight is 407 g/mol. The van der Waals surface area contributed by atoms with E-state index in [-0.39, 0.29) is 29.5 Å². The summed E-state index contributed by atoms with van der Waals surface area (Å²) in [6.45, 7) is 1.55. The molecule has 0 unspecified atom stereocenters. The molecule has 156 valence electrons. The first-order chi connectivity index (χ1) is 14.6. The monoisotopic (exact) mass is 407 g/mol. The van der Waals surface area contributed by atoms with Crippen LogP contribution in [0.1, 0.15) is 33.5 Å². The number of benzene rings is 1. The molecule has 7 nitrogen and oxygen atoms in total. The maximum atomic E-state index is 13.4. The zero-order valence-corrected chi connectivity index (χ0v) is 16.8. The van der Waals surface area contributed by atoms with Gasteiger partial charge in [0.25, 0.3) is 11.5 Å². The van der Waals surface area contributed by atoms with Crippen LogP contribution >= 0.6 is 0 Å². The first kappa shape index (κ1) is 20.1. The Morgan fingerprint density at radius 1 is 1.03 bits per heavy atom. The van der Waals surface area contributed by atoms with Crippen LogP contribution in [0.15, 0.2) is 53.5 Å². The van der Waals surface area contributed by atoms with E-state index in [1.54, 1.807) is 20.6 Å². The Bertz CT molecular complexity index is 1040. The molecule has 0 radical (unpaired) electrons. The molecule has 0 aliphatic carbocycles. The number of pyridine rings is 1. The second-order valence-corrected chi connectivity index (χ2v) is 7.66. The van der Waals surface area contributed by atoms with E-state index in [4.69, 9.17) is 0 Å². The Kier molecular flexibility index (Phi) is 5.81. The van der Waals surface area contributed by atoms with Crippen LogP contribution in [0.4, 0.5) is 0 Å². The predicted molar refractivity (Wildman–Crippen MR) is 112 cm³/mol. The van der Waals surface area contributed by atoms with Crippen LogP contribution < -0.4 is 5.56 Å². The van der Waals surface area contributed by atoms with Gasteiger partial charge in [0.1, 0.15) is 12.2 Å². The second kappa shape index (κ2) is 8.67. The topological polar surface area (TPSA) is 82.8 Å². The van der Waals surface area contributed by atoms with Crippen LogP contribution in [-0.2, 0) is 24.3 Å². The Balaban J connectivity index is 1.78. The minimum atomic E-state index is -0.551. The molecule has 2 aromatic rings. The van der Waals surface area contributed by atoms with Gasteiger partial charge in [0.2, 0.25) is 5.91 Å². The van der Waals surface area contributed by atoms with Gasteiger partial charge >= 0.3 is 0 Å². The average Bonchev–Trinajstić information content (AvgIpc) is 2.79. The number of aliphatic hydroxyl groups excluding tert-OH is 1. The van der Waals surface area contributed by atoms with Gasteiger partial charge in [0.15, 0.2) is 0 Å². The fourth-order valence-electron chi connectivity index (χ4n) is 4.13. The van der Waals surface area contributed by atoms with E-state index < -0.39 is 6.61 Å². The van der Waals surface area contributed by atoms with Crippen LogP contribution in [0.3, 0.4) is 0 Å². The molecule has 7 heteroatoms. The van der Waals surface area contributed by atoms with E-state index in [1.165, 1.54) is 0 Å². The van der Waals surface area contributed by atoms with E-state index in [9.17, 15) is 19.5 Å². The number of nitrogens with zero attached hydrogens (tertiary/aromatic N) is 3. The van der Waals surface area contributed by atoms with Gasteiger partial charge in [0, 0.05) is 32.4 Å². The number of carbonyl (C=O) groups excluding carboxylic acids is 2. The van der Waals surface area contributed by atoms with Crippen molar-refractivity contribution in [1.82, 2.24) is 14.4 Å². The fourth-order valence-corrected chi connectivity index (χ4v) is 4.13. The minimum Gasteiger partial charge on any atom is -0.387 e. The molecule has 4 rings (SSSR count). The van der Waals surface area contributed by atoms with Gasteiger partial charge in [-0.3, -0.25) is 14.4 Å². The molecule has 0 saturated carbocycles. The van der Waals surface area contributed by atoms with Crippen molar-refractivity contribution < 1.29 is 14.7 Å². The Labute approximate surface area is 174 Å². The number of fused-ring (bicyclic) bond motifs is 1. The highest BCUT2D eigenvalue weighted by molar-refractivity contribution is 5.96. The first-order valence-corrected chi connectivity index (χ1v) is 10.2. The van der Waals surface area contributed by atoms with Crippen molar-refractivity contribution in [3.05, 3.63) is 81.3 Å². The third kappa shape index (κ3) is 3.93. The zero-order valence-electron chi connectivity index (χ0n) is 16.8. The molecule has 0 spiro atoms. The lowest BCUT2D eigenvalue weighted by Crippen LogP contribution is -2.43. The lowest BCUT2D eigenvalue weighted by molar-refractivity contribution is -0.135. The number of hydrogen-bond acceptors (Lipinski definition) is 4. The Morgan fingerprint density at radius 3 is 2.53 bits per heavy atom. The number of rotatable bonds is 4. The van der Waals surface area contributed by atoms with E-state index in [1.807, 2.05) is 42.5 Å². The largest absolute Gasteiger partial charge is 0.387 e. The van der Waals surface area contributed by atoms with Crippen molar-refractivity contribution in [2.75, 3.05) is 26.2 Å². The van der Waals surface area contributed by atoms with Crippen LogP contribution in [-0.4, -0.2) is 57.5 Å². The fraction of sp³-hybridized carbons (Fsp3) is 0.348. The summed E-state index contributed by atoms with van der Waals surface area (Å²) >= 11 is 0. The molecule has 3 heterocycles. The van der Waals surface area contributed by atoms with Crippen molar-refractivity contribution in [2.45, 2.75) is 25.9 Å². The highest BCUT2D eigenvalue weighted by Gasteiger charge is 2.30. The smallest absolute Gasteiger partial charge is 0.264 e. The van der Waals surface area contributed by atoms with Gasteiger partial charge in [-0.2, -0.15) is 0 Å². The third-order valence-electron chi connectivity index (χ3n) is 5.71. The van der Waals surface area contributed by atoms with Gasteiger partial charge in [-0.1, -0.05) is 42.5 Å². The molecule has 2 amide bonds. The molecule has 0 fully saturated rings. The predicted octanol–water partition coefficient (Wildman–Crippen LogP) is 1.18. The van der Waals surface area contributed by atoms with Crippen molar-refractivity contribution in [3.63, 3.8) is 0 Å². The molecule has 0 bridgehead atoms. The highest BCUT2D eigenvalue weighted by Crippen LogP contribution is 2.23. The van der Waals surface area contributed by atoms with Crippen LogP contribution in [0.25, 0.3) is 0 Å². The summed E-state index contributed by atoms with van der Waals surface area (Å²) in [6, 6.07) is 9.60. The summed E-state index contributed by atoms with van der Waals surface area (Å²) in [5, 5.41) is 9.23. The van der Waals surface area contributed by atoms with E-state index >= 15 is 0 Å². The standard InChI is InChI=1S/C23H25N3O4/c27-16-20(28)25-12-9-19-18(14-25)15-26(13-17-7-3-1-4-8-17)23(30)21(19)22(29)24-10-5-2-6-11-24/h1-5,7-8,15,27H,6,9-14,16H2. The summed E-state index contributed by atoms with van der Waals surface area (Å²) in [7, 11) is 0. The Morgan fingerprint density at radius 2 is 1.83 bits per heavy atom. The SMILES string of the molecule is O=C(CO)N1CCc2c(cn(Cc3ccccc3)c(=O)c2C(=O)N2CC=CCC2)C1. The van der Waals surface area contributed by atoms with Gasteiger partial charge in [-0.25, -0.2) is 0 Å².